The molecule has 0 saturated carbocycles. The number of aromatic nitrogens is 4. The number of anilines is 1. The third-order valence-electron chi connectivity index (χ3n) is 5.41. The topological polar surface area (TPSA) is 64.7 Å². The van der Waals surface area contributed by atoms with Gasteiger partial charge in [0.1, 0.15) is 5.82 Å². The van der Waals surface area contributed by atoms with Crippen LogP contribution in [0.4, 0.5) is 5.82 Å². The maximum Gasteiger partial charge on any atom is 0.249 e. The number of para-hydroxylation sites is 2. The molecule has 0 bridgehead atoms. The Morgan fingerprint density at radius 2 is 1.74 bits per heavy atom. The van der Waals surface area contributed by atoms with E-state index < -0.39 is 0 Å². The second-order valence-corrected chi connectivity index (χ2v) is 8.95. The van der Waals surface area contributed by atoms with Gasteiger partial charge in [0.25, 0.3) is 0 Å². The average molecular weight is 502 g/mol. The van der Waals surface area contributed by atoms with Crippen LogP contribution in [0.1, 0.15) is 16.8 Å². The second kappa shape index (κ2) is 9.78. The fraction of sp³-hybridized carbons (Fsp3) is 0.0741. The van der Waals surface area contributed by atoms with Crippen molar-refractivity contribution in [3.8, 4) is 5.95 Å². The summed E-state index contributed by atoms with van der Waals surface area (Å²) in [4.78, 5) is 17.6. The lowest BCUT2D eigenvalue weighted by molar-refractivity contribution is -0.111. The van der Waals surface area contributed by atoms with E-state index in [1.807, 2.05) is 73.7 Å². The summed E-state index contributed by atoms with van der Waals surface area (Å²) in [6.45, 7) is 2.41. The number of benzene rings is 3. The molecule has 0 unspecified atom stereocenters. The van der Waals surface area contributed by atoms with Crippen molar-refractivity contribution in [1.29, 1.82) is 0 Å². The Morgan fingerprint density at radius 1 is 0.971 bits per heavy atom. The first kappa shape index (κ1) is 22.9. The van der Waals surface area contributed by atoms with Crippen molar-refractivity contribution in [2.45, 2.75) is 13.5 Å². The number of imidazole rings is 1. The maximum atomic E-state index is 12.7. The van der Waals surface area contributed by atoms with Gasteiger partial charge in [-0.3, -0.25) is 4.79 Å². The third-order valence-corrected chi connectivity index (χ3v) is 5.88. The Balaban J connectivity index is 1.50. The smallest absolute Gasteiger partial charge is 0.249 e. The van der Waals surface area contributed by atoms with Crippen LogP contribution in [-0.4, -0.2) is 25.2 Å². The van der Waals surface area contributed by atoms with Gasteiger partial charge in [-0.1, -0.05) is 59.6 Å². The van der Waals surface area contributed by atoms with Crippen LogP contribution in [0.3, 0.4) is 0 Å². The Morgan fingerprint density at radius 3 is 2.54 bits per heavy atom. The van der Waals surface area contributed by atoms with Crippen LogP contribution < -0.4 is 5.32 Å². The van der Waals surface area contributed by atoms with Crippen molar-refractivity contribution in [1.82, 2.24) is 19.3 Å². The Hall–Kier alpha value is -3.87. The average Bonchev–Trinajstić information content (AvgIpc) is 3.37. The highest BCUT2D eigenvalue weighted by atomic mass is 35.5. The van der Waals surface area contributed by atoms with E-state index in [0.717, 1.165) is 27.9 Å². The van der Waals surface area contributed by atoms with Gasteiger partial charge in [0, 0.05) is 22.2 Å². The molecule has 0 aliphatic carbocycles. The van der Waals surface area contributed by atoms with E-state index in [9.17, 15) is 4.79 Å². The van der Waals surface area contributed by atoms with E-state index in [-0.39, 0.29) is 5.91 Å². The SMILES string of the molecule is Cc1cc(NC(=O)/C=C/c2cccc(Cl)c2)n(-c2nc3ccccc3n2Cc2cccc(Cl)c2)n1. The predicted octanol–water partition coefficient (Wildman–Crippen LogP) is 6.54. The number of rotatable bonds is 6. The fourth-order valence-corrected chi connectivity index (χ4v) is 4.30. The zero-order chi connectivity index (χ0) is 24.4. The Kier molecular flexibility index (Phi) is 6.40. The number of fused-ring (bicyclic) bond motifs is 1. The quantitative estimate of drug-likeness (QED) is 0.268. The van der Waals surface area contributed by atoms with Gasteiger partial charge in [-0.2, -0.15) is 9.78 Å². The summed E-state index contributed by atoms with van der Waals surface area (Å²) in [5.74, 6) is 0.822. The molecule has 0 aliphatic heterocycles. The molecule has 3 aromatic carbocycles. The minimum absolute atomic E-state index is 0.288. The Bertz CT molecular complexity index is 1570. The van der Waals surface area contributed by atoms with Crippen LogP contribution in [0.2, 0.25) is 10.0 Å². The third kappa shape index (κ3) is 5.14. The predicted molar refractivity (Wildman–Crippen MR) is 141 cm³/mol. The van der Waals surface area contributed by atoms with E-state index in [2.05, 4.69) is 15.0 Å². The molecule has 0 aliphatic rings. The van der Waals surface area contributed by atoms with Crippen LogP contribution in [0.25, 0.3) is 23.1 Å². The number of carbonyl (C=O) groups is 1. The van der Waals surface area contributed by atoms with E-state index in [4.69, 9.17) is 28.2 Å². The van der Waals surface area contributed by atoms with Gasteiger partial charge in [-0.05, 0) is 60.5 Å². The van der Waals surface area contributed by atoms with E-state index in [0.29, 0.717) is 28.4 Å². The zero-order valence-corrected chi connectivity index (χ0v) is 20.3. The molecule has 0 spiro atoms. The lowest BCUT2D eigenvalue weighted by Crippen LogP contribution is -2.15. The molecule has 8 heteroatoms. The maximum absolute atomic E-state index is 12.7. The van der Waals surface area contributed by atoms with Gasteiger partial charge < -0.3 is 9.88 Å². The number of amides is 1. The number of hydrogen-bond donors (Lipinski definition) is 1. The summed E-state index contributed by atoms with van der Waals surface area (Å²) in [5, 5.41) is 8.84. The minimum Gasteiger partial charge on any atom is -0.307 e. The molecular weight excluding hydrogens is 481 g/mol. The standard InChI is InChI=1S/C27H21Cl2N5O/c1-18-14-25(31-26(35)13-12-19-6-4-8-21(28)15-19)34(32-18)27-30-23-10-2-3-11-24(23)33(27)17-20-7-5-9-22(29)16-20/h2-16H,17H2,1H3,(H,31,35)/b13-12+. The summed E-state index contributed by atoms with van der Waals surface area (Å²) >= 11 is 12.3. The number of aryl methyl sites for hydroxylation is 1. The van der Waals surface area contributed by atoms with Crippen molar-refractivity contribution in [2.24, 2.45) is 0 Å². The molecule has 1 amide bonds. The normalized spacial score (nSPS) is 11.4. The molecule has 0 saturated heterocycles. The summed E-state index contributed by atoms with van der Waals surface area (Å²) in [6.07, 6.45) is 3.18. The fourth-order valence-electron chi connectivity index (χ4n) is 3.89. The van der Waals surface area contributed by atoms with Crippen LogP contribution in [0, 0.1) is 6.92 Å². The number of halogens is 2. The first-order valence-electron chi connectivity index (χ1n) is 11.0. The molecule has 5 rings (SSSR count). The highest BCUT2D eigenvalue weighted by molar-refractivity contribution is 6.31. The molecule has 1 N–H and O–H groups in total. The van der Waals surface area contributed by atoms with Gasteiger partial charge in [0.2, 0.25) is 11.9 Å². The van der Waals surface area contributed by atoms with Crippen molar-refractivity contribution in [3.05, 3.63) is 112 Å². The lowest BCUT2D eigenvalue weighted by Gasteiger charge is -2.12. The number of nitrogens with one attached hydrogen (secondary N) is 1. The number of hydrogen-bond acceptors (Lipinski definition) is 3. The second-order valence-electron chi connectivity index (χ2n) is 8.08. The molecule has 0 radical (unpaired) electrons. The van der Waals surface area contributed by atoms with Crippen molar-refractivity contribution >= 4 is 52.0 Å². The van der Waals surface area contributed by atoms with Gasteiger partial charge >= 0.3 is 0 Å². The highest BCUT2D eigenvalue weighted by Gasteiger charge is 2.18. The monoisotopic (exact) mass is 501 g/mol. The highest BCUT2D eigenvalue weighted by Crippen LogP contribution is 2.24. The first-order valence-corrected chi connectivity index (χ1v) is 11.7. The Labute approximate surface area is 212 Å². The van der Waals surface area contributed by atoms with Gasteiger partial charge in [-0.15, -0.1) is 0 Å². The van der Waals surface area contributed by atoms with E-state index in [1.165, 1.54) is 6.08 Å². The zero-order valence-electron chi connectivity index (χ0n) is 18.8. The minimum atomic E-state index is -0.288. The number of carbonyl (C=O) groups excluding carboxylic acids is 1. The number of nitrogens with zero attached hydrogens (tertiary/aromatic N) is 4. The first-order chi connectivity index (χ1) is 17.0. The van der Waals surface area contributed by atoms with E-state index in [1.54, 1.807) is 22.9 Å². The van der Waals surface area contributed by atoms with E-state index >= 15 is 0 Å². The largest absolute Gasteiger partial charge is 0.307 e. The summed E-state index contributed by atoms with van der Waals surface area (Å²) in [5.41, 5.74) is 4.39. The van der Waals surface area contributed by atoms with Crippen molar-refractivity contribution < 1.29 is 4.79 Å². The van der Waals surface area contributed by atoms with Crippen molar-refractivity contribution in [2.75, 3.05) is 5.32 Å². The molecule has 6 nitrogen and oxygen atoms in total. The molecule has 2 heterocycles. The van der Waals surface area contributed by atoms with Crippen LogP contribution in [0.15, 0.2) is 84.9 Å². The lowest BCUT2D eigenvalue weighted by atomic mass is 10.2. The molecule has 0 fully saturated rings. The molecular formula is C27H21Cl2N5O. The summed E-state index contributed by atoms with van der Waals surface area (Å²) in [7, 11) is 0. The summed E-state index contributed by atoms with van der Waals surface area (Å²) in [6, 6.07) is 24.7. The van der Waals surface area contributed by atoms with Gasteiger partial charge in [0.15, 0.2) is 0 Å². The molecule has 35 heavy (non-hydrogen) atoms. The van der Waals surface area contributed by atoms with Crippen LogP contribution in [0.5, 0.6) is 0 Å². The molecule has 174 valence electrons. The van der Waals surface area contributed by atoms with Gasteiger partial charge in [-0.25, -0.2) is 4.98 Å². The molecule has 0 atom stereocenters. The molecule has 2 aromatic heterocycles. The van der Waals surface area contributed by atoms with Crippen LogP contribution in [-0.2, 0) is 11.3 Å². The molecule has 5 aromatic rings. The van der Waals surface area contributed by atoms with Crippen LogP contribution >= 0.6 is 23.2 Å². The summed E-state index contributed by atoms with van der Waals surface area (Å²) < 4.78 is 3.72. The van der Waals surface area contributed by atoms with Gasteiger partial charge in [0.05, 0.1) is 23.3 Å². The van der Waals surface area contributed by atoms with Crippen molar-refractivity contribution in [3.63, 3.8) is 0 Å².